The van der Waals surface area contributed by atoms with E-state index in [1.165, 1.54) is 16.9 Å². The van der Waals surface area contributed by atoms with E-state index in [0.29, 0.717) is 6.04 Å². The Kier molecular flexibility index (Phi) is 4.22. The van der Waals surface area contributed by atoms with Crippen LogP contribution in [0.4, 0.5) is 5.82 Å². The molecule has 1 unspecified atom stereocenters. The molecule has 0 radical (unpaired) electrons. The predicted molar refractivity (Wildman–Crippen MR) is 87.9 cm³/mol. The van der Waals surface area contributed by atoms with E-state index in [0.717, 1.165) is 31.1 Å². The van der Waals surface area contributed by atoms with E-state index < -0.39 is 0 Å². The maximum atomic E-state index is 4.40. The first-order valence-electron chi connectivity index (χ1n) is 7.40. The number of aryl methyl sites for hydroxylation is 2. The van der Waals surface area contributed by atoms with Crippen molar-refractivity contribution in [3.05, 3.63) is 40.0 Å². The number of likely N-dealkylation sites (N-methyl/N-ethyl adjacent to an activating group) is 1. The van der Waals surface area contributed by atoms with Gasteiger partial charge >= 0.3 is 0 Å². The first-order valence-corrected chi connectivity index (χ1v) is 8.28. The highest BCUT2D eigenvalue weighted by atomic mass is 32.1. The van der Waals surface area contributed by atoms with Crippen LogP contribution in [-0.2, 0) is 6.54 Å². The van der Waals surface area contributed by atoms with Crippen LogP contribution in [-0.4, -0.2) is 41.0 Å². The maximum Gasteiger partial charge on any atom is 0.132 e. The molecule has 0 amide bonds. The van der Waals surface area contributed by atoms with Crippen LogP contribution < -0.4 is 4.90 Å². The number of thiophene rings is 1. The fraction of sp³-hybridized carbons (Fsp3) is 0.500. The molecule has 3 rings (SSSR count). The molecule has 0 bridgehead atoms. The Morgan fingerprint density at radius 2 is 2.24 bits per heavy atom. The van der Waals surface area contributed by atoms with E-state index in [-0.39, 0.29) is 0 Å². The van der Waals surface area contributed by atoms with Crippen LogP contribution in [0.15, 0.2) is 23.8 Å². The number of rotatable bonds is 4. The van der Waals surface area contributed by atoms with Crippen molar-refractivity contribution in [2.45, 2.75) is 32.9 Å². The van der Waals surface area contributed by atoms with Crippen LogP contribution in [0.3, 0.4) is 0 Å². The van der Waals surface area contributed by atoms with Gasteiger partial charge in [0.25, 0.3) is 0 Å². The Bertz CT molecular complexity index is 610. The molecule has 0 aliphatic carbocycles. The number of likely N-dealkylation sites (tertiary alicyclic amines) is 1. The van der Waals surface area contributed by atoms with Gasteiger partial charge in [0.15, 0.2) is 0 Å². The number of hydrogen-bond donors (Lipinski definition) is 0. The lowest BCUT2D eigenvalue weighted by atomic mass is 10.2. The number of hydrogen-bond acceptors (Lipinski definition) is 5. The van der Waals surface area contributed by atoms with Crippen molar-refractivity contribution in [1.82, 2.24) is 14.9 Å². The normalized spacial score (nSPS) is 19.1. The fourth-order valence-electron chi connectivity index (χ4n) is 2.86. The second-order valence-electron chi connectivity index (χ2n) is 5.83. The minimum Gasteiger partial charge on any atom is -0.355 e. The summed E-state index contributed by atoms with van der Waals surface area (Å²) in [6.07, 6.45) is 2.85. The van der Waals surface area contributed by atoms with Crippen molar-refractivity contribution in [3.63, 3.8) is 0 Å². The number of anilines is 1. The van der Waals surface area contributed by atoms with E-state index in [2.05, 4.69) is 51.3 Å². The Morgan fingerprint density at radius 3 is 2.95 bits per heavy atom. The van der Waals surface area contributed by atoms with Crippen molar-refractivity contribution in [2.75, 3.05) is 25.0 Å². The van der Waals surface area contributed by atoms with Crippen LogP contribution in [0.25, 0.3) is 0 Å². The zero-order valence-electron chi connectivity index (χ0n) is 12.9. The molecule has 1 saturated heterocycles. The van der Waals surface area contributed by atoms with Gasteiger partial charge in [-0.1, -0.05) is 0 Å². The maximum absolute atomic E-state index is 4.40. The van der Waals surface area contributed by atoms with Gasteiger partial charge in [-0.2, -0.15) is 0 Å². The topological polar surface area (TPSA) is 32.3 Å². The van der Waals surface area contributed by atoms with Gasteiger partial charge in [-0.15, -0.1) is 11.3 Å². The first-order chi connectivity index (χ1) is 10.1. The monoisotopic (exact) mass is 302 g/mol. The quantitative estimate of drug-likeness (QED) is 0.869. The van der Waals surface area contributed by atoms with Gasteiger partial charge in [-0.25, -0.2) is 9.97 Å². The van der Waals surface area contributed by atoms with Crippen molar-refractivity contribution < 1.29 is 0 Å². The highest BCUT2D eigenvalue weighted by Gasteiger charge is 2.27. The number of aromatic nitrogens is 2. The average Bonchev–Trinajstić information content (AvgIpc) is 3.09. The van der Waals surface area contributed by atoms with Gasteiger partial charge in [0.2, 0.25) is 0 Å². The molecular formula is C16H22N4S. The van der Waals surface area contributed by atoms with Gasteiger partial charge in [0.05, 0.1) is 0 Å². The predicted octanol–water partition coefficient (Wildman–Crippen LogP) is 2.87. The molecule has 2 aromatic rings. The third-order valence-electron chi connectivity index (χ3n) is 4.28. The zero-order valence-corrected chi connectivity index (χ0v) is 13.7. The second kappa shape index (κ2) is 6.12. The Balaban J connectivity index is 1.63. The molecule has 1 aliphatic rings. The van der Waals surface area contributed by atoms with E-state index in [9.17, 15) is 0 Å². The van der Waals surface area contributed by atoms with Gasteiger partial charge in [-0.3, -0.25) is 4.90 Å². The molecule has 5 heteroatoms. The van der Waals surface area contributed by atoms with E-state index in [1.54, 1.807) is 6.33 Å². The van der Waals surface area contributed by atoms with Crippen molar-refractivity contribution in [3.8, 4) is 0 Å². The molecule has 0 saturated carbocycles. The van der Waals surface area contributed by atoms with Gasteiger partial charge in [0.1, 0.15) is 12.1 Å². The molecule has 0 spiro atoms. The van der Waals surface area contributed by atoms with E-state index >= 15 is 0 Å². The summed E-state index contributed by atoms with van der Waals surface area (Å²) in [5.41, 5.74) is 2.44. The largest absolute Gasteiger partial charge is 0.355 e. The van der Waals surface area contributed by atoms with Gasteiger partial charge in [-0.05, 0) is 37.3 Å². The van der Waals surface area contributed by atoms with E-state index in [4.69, 9.17) is 0 Å². The molecular weight excluding hydrogens is 280 g/mol. The van der Waals surface area contributed by atoms with Crippen LogP contribution in [0, 0.1) is 13.8 Å². The van der Waals surface area contributed by atoms with Crippen molar-refractivity contribution in [2.24, 2.45) is 0 Å². The van der Waals surface area contributed by atoms with Crippen molar-refractivity contribution in [1.29, 1.82) is 0 Å². The lowest BCUT2D eigenvalue weighted by molar-refractivity contribution is 0.328. The fourth-order valence-corrected chi connectivity index (χ4v) is 3.81. The summed E-state index contributed by atoms with van der Waals surface area (Å²) < 4.78 is 0. The van der Waals surface area contributed by atoms with Crippen LogP contribution in [0.1, 0.15) is 22.6 Å². The molecule has 1 atom stereocenters. The minimum absolute atomic E-state index is 0.541. The summed E-state index contributed by atoms with van der Waals surface area (Å²) in [6.45, 7) is 7.57. The third-order valence-corrected chi connectivity index (χ3v) is 5.29. The first kappa shape index (κ1) is 14.5. The molecule has 0 aromatic carbocycles. The summed E-state index contributed by atoms with van der Waals surface area (Å²) in [5, 5.41) is 2.19. The lowest BCUT2D eigenvalue weighted by Gasteiger charge is -2.26. The molecule has 3 heterocycles. The SMILES string of the molecule is Cc1cc(N(C)C2CCN(Cc3sccc3C)C2)ncn1. The molecule has 4 nitrogen and oxygen atoms in total. The van der Waals surface area contributed by atoms with Crippen LogP contribution in [0.2, 0.25) is 0 Å². The Morgan fingerprint density at radius 1 is 1.38 bits per heavy atom. The molecule has 1 aliphatic heterocycles. The minimum atomic E-state index is 0.541. The van der Waals surface area contributed by atoms with Crippen LogP contribution >= 0.6 is 11.3 Å². The smallest absolute Gasteiger partial charge is 0.132 e. The number of nitrogens with zero attached hydrogens (tertiary/aromatic N) is 4. The zero-order chi connectivity index (χ0) is 14.8. The molecule has 1 fully saturated rings. The summed E-state index contributed by atoms with van der Waals surface area (Å²) in [7, 11) is 2.15. The lowest BCUT2D eigenvalue weighted by Crippen LogP contribution is -2.35. The second-order valence-corrected chi connectivity index (χ2v) is 6.83. The van der Waals surface area contributed by atoms with Crippen LogP contribution in [0.5, 0.6) is 0 Å². The molecule has 21 heavy (non-hydrogen) atoms. The third kappa shape index (κ3) is 3.24. The molecule has 2 aromatic heterocycles. The highest BCUT2D eigenvalue weighted by molar-refractivity contribution is 7.10. The van der Waals surface area contributed by atoms with Crippen molar-refractivity contribution >= 4 is 17.2 Å². The van der Waals surface area contributed by atoms with Gasteiger partial charge in [0, 0.05) is 49.4 Å². The summed E-state index contributed by atoms with van der Waals surface area (Å²) >= 11 is 1.87. The Hall–Kier alpha value is -1.46. The standard InChI is InChI=1S/C16H22N4S/c1-12-5-7-21-15(12)10-20-6-4-14(9-20)19(3)16-8-13(2)17-11-18-16/h5,7-8,11,14H,4,6,9-10H2,1-3H3. The highest BCUT2D eigenvalue weighted by Crippen LogP contribution is 2.24. The average molecular weight is 302 g/mol. The molecule has 112 valence electrons. The summed E-state index contributed by atoms with van der Waals surface area (Å²) in [6, 6.07) is 4.81. The summed E-state index contributed by atoms with van der Waals surface area (Å²) in [4.78, 5) is 14.9. The molecule has 0 N–H and O–H groups in total. The van der Waals surface area contributed by atoms with E-state index in [1.807, 2.05) is 18.3 Å². The summed E-state index contributed by atoms with van der Waals surface area (Å²) in [5.74, 6) is 1.03. The Labute approximate surface area is 130 Å². The van der Waals surface area contributed by atoms with Gasteiger partial charge < -0.3 is 4.90 Å².